The molecule has 18 heavy (non-hydrogen) atoms. The summed E-state index contributed by atoms with van der Waals surface area (Å²) in [6.07, 6.45) is 1.93. The van der Waals surface area contributed by atoms with Gasteiger partial charge < -0.3 is 4.74 Å². The van der Waals surface area contributed by atoms with Crippen molar-refractivity contribution in [2.45, 2.75) is 46.5 Å². The molecule has 0 aliphatic rings. The van der Waals surface area contributed by atoms with E-state index in [4.69, 9.17) is 4.74 Å². The van der Waals surface area contributed by atoms with E-state index in [0.29, 0.717) is 5.82 Å². The molecule has 0 aromatic carbocycles. The standard InChI is InChI=1S/C14H22N2O2/c1-6-7-11-8-10(4)15-13(16-11)12(9(2)3)14(17)18-5/h8-9,12H,6-7H2,1-5H3. The van der Waals surface area contributed by atoms with Crippen LogP contribution in [0.1, 0.15) is 50.3 Å². The third kappa shape index (κ3) is 3.52. The minimum Gasteiger partial charge on any atom is -0.468 e. The van der Waals surface area contributed by atoms with Crippen LogP contribution in [0.25, 0.3) is 0 Å². The molecule has 1 atom stereocenters. The molecule has 0 bridgehead atoms. The lowest BCUT2D eigenvalue weighted by Crippen LogP contribution is -2.22. The molecule has 0 fully saturated rings. The lowest BCUT2D eigenvalue weighted by molar-refractivity contribution is -0.143. The summed E-state index contributed by atoms with van der Waals surface area (Å²) in [6, 6.07) is 1.97. The molecule has 0 aliphatic heterocycles. The van der Waals surface area contributed by atoms with E-state index in [2.05, 4.69) is 16.9 Å². The van der Waals surface area contributed by atoms with Gasteiger partial charge in [0.05, 0.1) is 7.11 Å². The van der Waals surface area contributed by atoms with E-state index in [0.717, 1.165) is 24.2 Å². The van der Waals surface area contributed by atoms with Crippen LogP contribution in [0.2, 0.25) is 0 Å². The second kappa shape index (κ2) is 6.47. The highest BCUT2D eigenvalue weighted by Gasteiger charge is 2.28. The highest BCUT2D eigenvalue weighted by atomic mass is 16.5. The first-order valence-electron chi connectivity index (χ1n) is 6.41. The molecule has 0 N–H and O–H groups in total. The van der Waals surface area contributed by atoms with Gasteiger partial charge >= 0.3 is 5.97 Å². The van der Waals surface area contributed by atoms with Crippen LogP contribution >= 0.6 is 0 Å². The summed E-state index contributed by atoms with van der Waals surface area (Å²) in [7, 11) is 1.40. The molecular weight excluding hydrogens is 228 g/mol. The highest BCUT2D eigenvalue weighted by Crippen LogP contribution is 2.23. The number of esters is 1. The Bertz CT molecular complexity index is 416. The first-order valence-corrected chi connectivity index (χ1v) is 6.41. The fourth-order valence-electron chi connectivity index (χ4n) is 1.98. The number of nitrogens with zero attached hydrogens (tertiary/aromatic N) is 2. The summed E-state index contributed by atoms with van der Waals surface area (Å²) in [5.41, 5.74) is 1.90. The molecule has 1 unspecified atom stereocenters. The van der Waals surface area contributed by atoms with Gasteiger partial charge in [-0.2, -0.15) is 0 Å². The van der Waals surface area contributed by atoms with Gasteiger partial charge in [-0.05, 0) is 25.3 Å². The summed E-state index contributed by atoms with van der Waals surface area (Å²) >= 11 is 0. The summed E-state index contributed by atoms with van der Waals surface area (Å²) in [5, 5.41) is 0. The van der Waals surface area contributed by atoms with E-state index in [1.807, 2.05) is 26.8 Å². The topological polar surface area (TPSA) is 52.1 Å². The first-order chi connectivity index (χ1) is 8.49. The molecule has 1 rings (SSSR count). The summed E-state index contributed by atoms with van der Waals surface area (Å²) in [6.45, 7) is 8.00. The van der Waals surface area contributed by atoms with E-state index in [9.17, 15) is 4.79 Å². The van der Waals surface area contributed by atoms with E-state index >= 15 is 0 Å². The van der Waals surface area contributed by atoms with Gasteiger partial charge in [-0.25, -0.2) is 9.97 Å². The number of ether oxygens (including phenoxy) is 1. The number of hydrogen-bond acceptors (Lipinski definition) is 4. The van der Waals surface area contributed by atoms with E-state index in [1.165, 1.54) is 7.11 Å². The average Bonchev–Trinajstić information content (AvgIpc) is 2.28. The van der Waals surface area contributed by atoms with Crippen LogP contribution in [-0.2, 0) is 16.0 Å². The molecule has 1 aromatic rings. The van der Waals surface area contributed by atoms with Gasteiger partial charge in [-0.1, -0.05) is 27.2 Å². The molecule has 1 heterocycles. The highest BCUT2D eigenvalue weighted by molar-refractivity contribution is 5.77. The Labute approximate surface area is 109 Å². The largest absolute Gasteiger partial charge is 0.468 e. The first kappa shape index (κ1) is 14.6. The lowest BCUT2D eigenvalue weighted by atomic mass is 9.95. The molecule has 1 aromatic heterocycles. The molecule has 0 radical (unpaired) electrons. The number of hydrogen-bond donors (Lipinski definition) is 0. The fraction of sp³-hybridized carbons (Fsp3) is 0.643. The van der Waals surface area contributed by atoms with Crippen molar-refractivity contribution in [3.8, 4) is 0 Å². The van der Waals surface area contributed by atoms with E-state index < -0.39 is 0 Å². The number of carbonyl (C=O) groups excluding carboxylic acids is 1. The van der Waals surface area contributed by atoms with Crippen LogP contribution in [0.5, 0.6) is 0 Å². The van der Waals surface area contributed by atoms with Crippen LogP contribution in [0.3, 0.4) is 0 Å². The van der Waals surface area contributed by atoms with Crippen molar-refractivity contribution in [2.75, 3.05) is 7.11 Å². The minimum absolute atomic E-state index is 0.119. The zero-order valence-corrected chi connectivity index (χ0v) is 11.9. The molecule has 0 aliphatic carbocycles. The molecule has 100 valence electrons. The SMILES string of the molecule is CCCc1cc(C)nc(C(C(=O)OC)C(C)C)n1. The minimum atomic E-state index is -0.384. The van der Waals surface area contributed by atoms with Gasteiger partial charge in [-0.3, -0.25) is 4.79 Å². The molecule has 0 spiro atoms. The van der Waals surface area contributed by atoms with Gasteiger partial charge in [0.2, 0.25) is 0 Å². The van der Waals surface area contributed by atoms with Gasteiger partial charge in [-0.15, -0.1) is 0 Å². The van der Waals surface area contributed by atoms with Crippen molar-refractivity contribution >= 4 is 5.97 Å². The van der Waals surface area contributed by atoms with Crippen molar-refractivity contribution < 1.29 is 9.53 Å². The zero-order chi connectivity index (χ0) is 13.7. The molecule has 4 heteroatoms. The molecule has 4 nitrogen and oxygen atoms in total. The van der Waals surface area contributed by atoms with Gasteiger partial charge in [0.25, 0.3) is 0 Å². The Morgan fingerprint density at radius 3 is 2.56 bits per heavy atom. The van der Waals surface area contributed by atoms with Crippen LogP contribution in [0.15, 0.2) is 6.07 Å². The number of carbonyl (C=O) groups is 1. The molecule has 0 saturated carbocycles. The van der Waals surface area contributed by atoms with Crippen molar-refractivity contribution in [3.63, 3.8) is 0 Å². The maximum atomic E-state index is 11.8. The monoisotopic (exact) mass is 250 g/mol. The summed E-state index contributed by atoms with van der Waals surface area (Å²) in [4.78, 5) is 20.7. The van der Waals surface area contributed by atoms with Gasteiger partial charge in [0, 0.05) is 11.4 Å². The van der Waals surface area contributed by atoms with Crippen molar-refractivity contribution in [1.82, 2.24) is 9.97 Å². The Kier molecular flexibility index (Phi) is 5.25. The van der Waals surface area contributed by atoms with Crippen molar-refractivity contribution in [2.24, 2.45) is 5.92 Å². The van der Waals surface area contributed by atoms with E-state index in [-0.39, 0.29) is 17.8 Å². The molecule has 0 saturated heterocycles. The predicted molar refractivity (Wildman–Crippen MR) is 70.4 cm³/mol. The second-order valence-electron chi connectivity index (χ2n) is 4.85. The average molecular weight is 250 g/mol. The lowest BCUT2D eigenvalue weighted by Gasteiger charge is -2.18. The smallest absolute Gasteiger partial charge is 0.316 e. The number of methoxy groups -OCH3 is 1. The summed E-state index contributed by atoms with van der Waals surface area (Å²) in [5.74, 6) is 0.0533. The molecule has 0 amide bonds. The third-order valence-electron chi connectivity index (χ3n) is 2.83. The maximum Gasteiger partial charge on any atom is 0.316 e. The van der Waals surface area contributed by atoms with E-state index in [1.54, 1.807) is 0 Å². The molecular formula is C14H22N2O2. The van der Waals surface area contributed by atoms with Crippen LogP contribution in [0.4, 0.5) is 0 Å². The number of aromatic nitrogens is 2. The fourth-order valence-corrected chi connectivity index (χ4v) is 1.98. The van der Waals surface area contributed by atoms with Crippen molar-refractivity contribution in [1.29, 1.82) is 0 Å². The Morgan fingerprint density at radius 1 is 1.39 bits per heavy atom. The van der Waals surface area contributed by atoms with Gasteiger partial charge in [0.1, 0.15) is 11.7 Å². The van der Waals surface area contributed by atoms with Crippen LogP contribution < -0.4 is 0 Å². The van der Waals surface area contributed by atoms with Crippen LogP contribution in [0, 0.1) is 12.8 Å². The maximum absolute atomic E-state index is 11.8. The van der Waals surface area contributed by atoms with Crippen LogP contribution in [-0.4, -0.2) is 23.0 Å². The third-order valence-corrected chi connectivity index (χ3v) is 2.83. The zero-order valence-electron chi connectivity index (χ0n) is 11.9. The predicted octanol–water partition coefficient (Wildman–Crippen LogP) is 2.65. The van der Waals surface area contributed by atoms with Gasteiger partial charge in [0.15, 0.2) is 0 Å². The number of aryl methyl sites for hydroxylation is 2. The Hall–Kier alpha value is -1.45. The Morgan fingerprint density at radius 2 is 2.06 bits per heavy atom. The normalized spacial score (nSPS) is 12.6. The number of rotatable bonds is 5. The van der Waals surface area contributed by atoms with Crippen molar-refractivity contribution in [3.05, 3.63) is 23.3 Å². The summed E-state index contributed by atoms with van der Waals surface area (Å²) < 4.78 is 4.85. The second-order valence-corrected chi connectivity index (χ2v) is 4.85. The quantitative estimate of drug-likeness (QED) is 0.754. The Balaban J connectivity index is 3.15.